The molecular weight excluding hydrogens is 368 g/mol. The maximum Gasteiger partial charge on any atom is 0.270 e. The molecule has 27 heavy (non-hydrogen) atoms. The summed E-state index contributed by atoms with van der Waals surface area (Å²) in [5.41, 5.74) is 1.13. The van der Waals surface area contributed by atoms with Crippen molar-refractivity contribution in [1.29, 1.82) is 0 Å². The van der Waals surface area contributed by atoms with Gasteiger partial charge in [-0.05, 0) is 49.4 Å². The van der Waals surface area contributed by atoms with E-state index in [4.69, 9.17) is 16.3 Å². The summed E-state index contributed by atoms with van der Waals surface area (Å²) >= 11 is 6.19. The van der Waals surface area contributed by atoms with E-state index in [1.807, 2.05) is 31.2 Å². The van der Waals surface area contributed by atoms with Crippen LogP contribution in [0.3, 0.4) is 0 Å². The van der Waals surface area contributed by atoms with E-state index in [0.29, 0.717) is 12.5 Å². The molecule has 1 atom stereocenters. The van der Waals surface area contributed by atoms with E-state index in [1.54, 1.807) is 12.0 Å². The predicted octanol–water partition coefficient (Wildman–Crippen LogP) is 4.70. The molecule has 0 aromatic heterocycles. The smallest absolute Gasteiger partial charge is 0.270 e. The molecule has 3 rings (SSSR count). The first-order chi connectivity index (χ1) is 12.9. The molecule has 1 aliphatic carbocycles. The zero-order valence-electron chi connectivity index (χ0n) is 15.2. The molecule has 1 fully saturated rings. The van der Waals surface area contributed by atoms with Gasteiger partial charge >= 0.3 is 0 Å². The Kier molecular flexibility index (Phi) is 5.65. The lowest BCUT2D eigenvalue weighted by Crippen LogP contribution is -2.39. The summed E-state index contributed by atoms with van der Waals surface area (Å²) in [6.45, 7) is 2.48. The van der Waals surface area contributed by atoms with Crippen LogP contribution in [-0.2, 0) is 6.54 Å². The fraction of sp³-hybridized carbons (Fsp3) is 0.350. The quantitative estimate of drug-likeness (QED) is 0.509. The minimum absolute atomic E-state index is 0.0610. The van der Waals surface area contributed by atoms with Crippen molar-refractivity contribution in [1.82, 2.24) is 4.90 Å². The van der Waals surface area contributed by atoms with E-state index >= 15 is 0 Å². The number of rotatable bonds is 7. The largest absolute Gasteiger partial charge is 0.497 e. The number of methoxy groups -OCH3 is 1. The zero-order valence-corrected chi connectivity index (χ0v) is 16.0. The number of amides is 1. The second kappa shape index (κ2) is 7.96. The SMILES string of the molecule is COc1ccc(CN(C(=O)c2ccc([N+](=O)[O-])cc2Cl)[C@H](C)C2CC2)cc1. The average Bonchev–Trinajstić information content (AvgIpc) is 3.50. The van der Waals surface area contributed by atoms with Crippen molar-refractivity contribution in [2.24, 2.45) is 5.92 Å². The molecule has 142 valence electrons. The molecular formula is C20H21ClN2O4. The normalized spacial score (nSPS) is 14.5. The van der Waals surface area contributed by atoms with Gasteiger partial charge < -0.3 is 9.64 Å². The van der Waals surface area contributed by atoms with Crippen molar-refractivity contribution in [3.63, 3.8) is 0 Å². The van der Waals surface area contributed by atoms with Gasteiger partial charge in [-0.15, -0.1) is 0 Å². The van der Waals surface area contributed by atoms with Crippen LogP contribution in [0.25, 0.3) is 0 Å². The van der Waals surface area contributed by atoms with Gasteiger partial charge in [0.1, 0.15) is 5.75 Å². The van der Waals surface area contributed by atoms with Gasteiger partial charge in [0.25, 0.3) is 11.6 Å². The molecule has 1 saturated carbocycles. The van der Waals surface area contributed by atoms with Crippen molar-refractivity contribution in [2.75, 3.05) is 7.11 Å². The number of nitrogens with zero attached hydrogens (tertiary/aromatic N) is 2. The highest BCUT2D eigenvalue weighted by molar-refractivity contribution is 6.34. The first kappa shape index (κ1) is 19.2. The van der Waals surface area contributed by atoms with Crippen molar-refractivity contribution < 1.29 is 14.5 Å². The molecule has 0 saturated heterocycles. The monoisotopic (exact) mass is 388 g/mol. The molecule has 0 spiro atoms. The summed E-state index contributed by atoms with van der Waals surface area (Å²) in [4.78, 5) is 25.4. The Morgan fingerprint density at radius 3 is 2.48 bits per heavy atom. The average molecular weight is 389 g/mol. The number of hydrogen-bond donors (Lipinski definition) is 0. The van der Waals surface area contributed by atoms with E-state index in [-0.39, 0.29) is 28.2 Å². The molecule has 0 unspecified atom stereocenters. The van der Waals surface area contributed by atoms with Crippen LogP contribution in [-0.4, -0.2) is 28.9 Å². The Hall–Kier alpha value is -2.60. The minimum Gasteiger partial charge on any atom is -0.497 e. The number of hydrogen-bond acceptors (Lipinski definition) is 4. The maximum absolute atomic E-state index is 13.2. The molecule has 2 aromatic rings. The first-order valence-corrected chi connectivity index (χ1v) is 9.16. The second-order valence-electron chi connectivity index (χ2n) is 6.78. The van der Waals surface area contributed by atoms with Crippen molar-refractivity contribution in [3.8, 4) is 5.75 Å². The summed E-state index contributed by atoms with van der Waals surface area (Å²) in [7, 11) is 1.61. The molecule has 2 aromatic carbocycles. The standard InChI is InChI=1S/C20H21ClN2O4/c1-13(15-5-6-15)22(12-14-3-8-17(27-2)9-4-14)20(24)18-10-7-16(23(25)26)11-19(18)21/h3-4,7-11,13,15H,5-6,12H2,1-2H3/t13-/m1/s1. The summed E-state index contributed by atoms with van der Waals surface area (Å²) in [5, 5.41) is 11.0. The lowest BCUT2D eigenvalue weighted by atomic mass is 10.1. The molecule has 0 bridgehead atoms. The summed E-state index contributed by atoms with van der Waals surface area (Å²) in [5.74, 6) is 1.01. The maximum atomic E-state index is 13.2. The number of carbonyl (C=O) groups is 1. The molecule has 0 heterocycles. The van der Waals surface area contributed by atoms with Crippen LogP contribution in [0.2, 0.25) is 5.02 Å². The summed E-state index contributed by atoms with van der Waals surface area (Å²) in [6, 6.07) is 11.6. The van der Waals surface area contributed by atoms with Crippen molar-refractivity contribution >= 4 is 23.2 Å². The Bertz CT molecular complexity index is 850. The van der Waals surface area contributed by atoms with Crippen LogP contribution in [0.15, 0.2) is 42.5 Å². The fourth-order valence-corrected chi connectivity index (χ4v) is 3.36. The van der Waals surface area contributed by atoms with Crippen LogP contribution in [0.5, 0.6) is 5.75 Å². The van der Waals surface area contributed by atoms with E-state index in [1.165, 1.54) is 18.2 Å². The minimum atomic E-state index is -0.526. The Morgan fingerprint density at radius 2 is 1.96 bits per heavy atom. The number of nitro benzene ring substituents is 1. The van der Waals surface area contributed by atoms with E-state index in [0.717, 1.165) is 24.2 Å². The van der Waals surface area contributed by atoms with Gasteiger partial charge in [0.2, 0.25) is 0 Å². The molecule has 6 nitrogen and oxygen atoms in total. The van der Waals surface area contributed by atoms with Crippen LogP contribution in [0.4, 0.5) is 5.69 Å². The number of benzene rings is 2. The van der Waals surface area contributed by atoms with Gasteiger partial charge in [-0.3, -0.25) is 14.9 Å². The number of ether oxygens (including phenoxy) is 1. The molecule has 7 heteroatoms. The molecule has 1 aliphatic rings. The number of halogens is 1. The van der Waals surface area contributed by atoms with Gasteiger partial charge in [0, 0.05) is 24.7 Å². The third-order valence-electron chi connectivity index (χ3n) is 4.96. The Labute approximate surface area is 162 Å². The number of nitro groups is 1. The fourth-order valence-electron chi connectivity index (χ4n) is 3.11. The third kappa shape index (κ3) is 4.39. The van der Waals surface area contributed by atoms with Crippen LogP contribution < -0.4 is 4.74 Å². The van der Waals surface area contributed by atoms with E-state index < -0.39 is 4.92 Å². The lowest BCUT2D eigenvalue weighted by Gasteiger charge is -2.30. The highest BCUT2D eigenvalue weighted by atomic mass is 35.5. The second-order valence-corrected chi connectivity index (χ2v) is 7.19. The van der Waals surface area contributed by atoms with Crippen molar-refractivity contribution in [2.45, 2.75) is 32.4 Å². The summed E-state index contributed by atoms with van der Waals surface area (Å²) < 4.78 is 5.18. The first-order valence-electron chi connectivity index (χ1n) is 8.78. The van der Waals surface area contributed by atoms with Crippen LogP contribution >= 0.6 is 11.6 Å². The zero-order chi connectivity index (χ0) is 19.6. The Balaban J connectivity index is 1.87. The molecule has 0 aliphatic heterocycles. The number of carbonyl (C=O) groups excluding carboxylic acids is 1. The van der Waals surface area contributed by atoms with Crippen LogP contribution in [0.1, 0.15) is 35.7 Å². The van der Waals surface area contributed by atoms with E-state index in [2.05, 4.69) is 0 Å². The van der Waals surface area contributed by atoms with Gasteiger partial charge in [0.05, 0.1) is 22.6 Å². The highest BCUT2D eigenvalue weighted by Crippen LogP contribution is 2.37. The van der Waals surface area contributed by atoms with Gasteiger partial charge in [-0.25, -0.2) is 0 Å². The third-order valence-corrected chi connectivity index (χ3v) is 5.28. The van der Waals surface area contributed by atoms with Gasteiger partial charge in [-0.1, -0.05) is 23.7 Å². The van der Waals surface area contributed by atoms with Crippen molar-refractivity contribution in [3.05, 3.63) is 68.7 Å². The highest BCUT2D eigenvalue weighted by Gasteiger charge is 2.35. The molecule has 0 radical (unpaired) electrons. The number of non-ortho nitro benzene ring substituents is 1. The molecule has 1 amide bonds. The summed E-state index contributed by atoms with van der Waals surface area (Å²) in [6.07, 6.45) is 2.20. The topological polar surface area (TPSA) is 72.7 Å². The van der Waals surface area contributed by atoms with Gasteiger partial charge in [0.15, 0.2) is 0 Å². The predicted molar refractivity (Wildman–Crippen MR) is 103 cm³/mol. The lowest BCUT2D eigenvalue weighted by molar-refractivity contribution is -0.384. The Morgan fingerprint density at radius 1 is 1.30 bits per heavy atom. The van der Waals surface area contributed by atoms with Gasteiger partial charge in [-0.2, -0.15) is 0 Å². The van der Waals surface area contributed by atoms with Crippen LogP contribution in [0, 0.1) is 16.0 Å². The van der Waals surface area contributed by atoms with E-state index in [9.17, 15) is 14.9 Å². The molecule has 0 N–H and O–H groups in total.